The number of nitrogens with one attached hydrogen (secondary N) is 2. The highest BCUT2D eigenvalue weighted by Crippen LogP contribution is 2.09. The average Bonchev–Trinajstić information content (AvgIpc) is 2.97. The SMILES string of the molecule is Cl.NC(=O)NCCC[C@H](N)C(=O)NCc1cccn2nccc12. The Morgan fingerprint density at radius 3 is 2.83 bits per heavy atom. The first kappa shape index (κ1) is 18.7. The van der Waals surface area contributed by atoms with Gasteiger partial charge in [-0.05, 0) is 30.5 Å². The van der Waals surface area contributed by atoms with E-state index in [0.717, 1.165) is 11.1 Å². The van der Waals surface area contributed by atoms with Crippen LogP contribution >= 0.6 is 12.4 Å². The van der Waals surface area contributed by atoms with Gasteiger partial charge < -0.3 is 22.1 Å². The van der Waals surface area contributed by atoms with Crippen molar-refractivity contribution in [1.82, 2.24) is 20.2 Å². The van der Waals surface area contributed by atoms with Gasteiger partial charge in [-0.1, -0.05) is 6.07 Å². The van der Waals surface area contributed by atoms with Gasteiger partial charge in [0.2, 0.25) is 5.91 Å². The number of carbonyl (C=O) groups is 2. The van der Waals surface area contributed by atoms with Crippen molar-refractivity contribution in [3.05, 3.63) is 36.2 Å². The number of hydrogen-bond donors (Lipinski definition) is 4. The first-order chi connectivity index (χ1) is 10.6. The Morgan fingerprint density at radius 2 is 2.09 bits per heavy atom. The van der Waals surface area contributed by atoms with Crippen LogP contribution in [0, 0.1) is 0 Å². The molecule has 0 unspecified atom stereocenters. The number of nitrogens with zero attached hydrogens (tertiary/aromatic N) is 2. The van der Waals surface area contributed by atoms with Crippen LogP contribution < -0.4 is 22.1 Å². The van der Waals surface area contributed by atoms with E-state index in [-0.39, 0.29) is 18.3 Å². The Hall–Kier alpha value is -2.32. The van der Waals surface area contributed by atoms with E-state index in [1.807, 2.05) is 24.4 Å². The van der Waals surface area contributed by atoms with Gasteiger partial charge in [-0.25, -0.2) is 9.31 Å². The minimum absolute atomic E-state index is 0. The standard InChI is InChI=1S/C14H20N6O2.ClH/c15-11(4-1-6-17-14(16)22)13(21)18-9-10-3-2-8-20-12(10)5-7-19-20;/h2-3,5,7-8,11H,1,4,6,9,15H2,(H,18,21)(H3,16,17,22);1H/t11-;/m0./s1. The number of halogens is 1. The van der Waals surface area contributed by atoms with E-state index in [2.05, 4.69) is 15.7 Å². The van der Waals surface area contributed by atoms with E-state index >= 15 is 0 Å². The molecule has 2 heterocycles. The van der Waals surface area contributed by atoms with Gasteiger partial charge in [0, 0.05) is 25.5 Å². The van der Waals surface area contributed by atoms with Crippen molar-refractivity contribution >= 4 is 29.9 Å². The third-order valence-electron chi connectivity index (χ3n) is 3.30. The summed E-state index contributed by atoms with van der Waals surface area (Å²) in [5.74, 6) is -0.222. The summed E-state index contributed by atoms with van der Waals surface area (Å²) in [6.45, 7) is 0.799. The van der Waals surface area contributed by atoms with Crippen molar-refractivity contribution in [3.63, 3.8) is 0 Å². The second kappa shape index (κ2) is 8.96. The smallest absolute Gasteiger partial charge is 0.312 e. The van der Waals surface area contributed by atoms with Crippen LogP contribution in [0.25, 0.3) is 5.52 Å². The van der Waals surface area contributed by atoms with Crippen LogP contribution in [-0.4, -0.2) is 34.1 Å². The van der Waals surface area contributed by atoms with Crippen molar-refractivity contribution in [2.45, 2.75) is 25.4 Å². The maximum atomic E-state index is 11.9. The topological polar surface area (TPSA) is 128 Å². The Bertz CT molecular complexity index is 660. The number of hydrogen-bond acceptors (Lipinski definition) is 4. The molecule has 0 saturated carbocycles. The Balaban J connectivity index is 0.00000264. The number of aromatic nitrogens is 2. The molecular formula is C14H21ClN6O2. The third-order valence-corrected chi connectivity index (χ3v) is 3.30. The molecular weight excluding hydrogens is 320 g/mol. The number of pyridine rings is 1. The van der Waals surface area contributed by atoms with E-state index in [0.29, 0.717) is 25.9 Å². The van der Waals surface area contributed by atoms with Crippen LogP contribution in [0.3, 0.4) is 0 Å². The molecule has 9 heteroatoms. The van der Waals surface area contributed by atoms with E-state index in [1.54, 1.807) is 10.7 Å². The van der Waals surface area contributed by atoms with Gasteiger partial charge in [-0.3, -0.25) is 4.79 Å². The van der Waals surface area contributed by atoms with Crippen molar-refractivity contribution < 1.29 is 9.59 Å². The molecule has 0 bridgehead atoms. The highest BCUT2D eigenvalue weighted by atomic mass is 35.5. The fourth-order valence-corrected chi connectivity index (χ4v) is 2.14. The molecule has 2 aromatic rings. The number of urea groups is 1. The fourth-order valence-electron chi connectivity index (χ4n) is 2.14. The van der Waals surface area contributed by atoms with Crippen LogP contribution in [0.1, 0.15) is 18.4 Å². The highest BCUT2D eigenvalue weighted by molar-refractivity contribution is 5.85. The first-order valence-electron chi connectivity index (χ1n) is 7.06. The molecule has 8 nitrogen and oxygen atoms in total. The molecule has 6 N–H and O–H groups in total. The monoisotopic (exact) mass is 340 g/mol. The number of amides is 3. The lowest BCUT2D eigenvalue weighted by molar-refractivity contribution is -0.122. The van der Waals surface area contributed by atoms with Crippen molar-refractivity contribution in [2.24, 2.45) is 11.5 Å². The molecule has 0 aliphatic rings. The van der Waals surface area contributed by atoms with E-state index in [4.69, 9.17) is 11.5 Å². The normalized spacial score (nSPS) is 11.5. The molecule has 0 aliphatic carbocycles. The van der Waals surface area contributed by atoms with Crippen LogP contribution in [-0.2, 0) is 11.3 Å². The van der Waals surface area contributed by atoms with Gasteiger partial charge in [0.05, 0.1) is 11.6 Å². The van der Waals surface area contributed by atoms with Crippen LogP contribution in [0.4, 0.5) is 4.79 Å². The van der Waals surface area contributed by atoms with E-state index < -0.39 is 12.1 Å². The maximum absolute atomic E-state index is 11.9. The minimum Gasteiger partial charge on any atom is -0.352 e. The summed E-state index contributed by atoms with van der Waals surface area (Å²) in [5, 5.41) is 9.41. The number of rotatable bonds is 7. The molecule has 23 heavy (non-hydrogen) atoms. The first-order valence-corrected chi connectivity index (χ1v) is 7.06. The minimum atomic E-state index is -0.612. The second-order valence-electron chi connectivity index (χ2n) is 4.95. The lowest BCUT2D eigenvalue weighted by Gasteiger charge is -2.12. The lowest BCUT2D eigenvalue weighted by atomic mass is 10.1. The van der Waals surface area contributed by atoms with Gasteiger partial charge in [-0.2, -0.15) is 5.10 Å². The molecule has 0 aromatic carbocycles. The number of primary amides is 1. The predicted molar refractivity (Wildman–Crippen MR) is 89.1 cm³/mol. The van der Waals surface area contributed by atoms with Crippen LogP contribution in [0.5, 0.6) is 0 Å². The molecule has 126 valence electrons. The summed E-state index contributed by atoms with van der Waals surface area (Å²) in [6, 6.07) is 4.50. The third kappa shape index (κ3) is 5.42. The second-order valence-corrected chi connectivity index (χ2v) is 4.95. The van der Waals surface area contributed by atoms with E-state index in [1.165, 1.54) is 0 Å². The largest absolute Gasteiger partial charge is 0.352 e. The van der Waals surface area contributed by atoms with Crippen molar-refractivity contribution in [1.29, 1.82) is 0 Å². The number of nitrogens with two attached hydrogens (primary N) is 2. The molecule has 0 saturated heterocycles. The zero-order valence-corrected chi connectivity index (χ0v) is 13.4. The summed E-state index contributed by atoms with van der Waals surface area (Å²) < 4.78 is 1.75. The highest BCUT2D eigenvalue weighted by Gasteiger charge is 2.13. The number of fused-ring (bicyclic) bond motifs is 1. The zero-order chi connectivity index (χ0) is 15.9. The Morgan fingerprint density at radius 1 is 1.30 bits per heavy atom. The molecule has 1 atom stereocenters. The average molecular weight is 341 g/mol. The summed E-state index contributed by atoms with van der Waals surface area (Å²) in [6.07, 6.45) is 4.62. The number of carbonyl (C=O) groups excluding carboxylic acids is 2. The summed E-state index contributed by atoms with van der Waals surface area (Å²) in [4.78, 5) is 22.5. The predicted octanol–water partition coefficient (Wildman–Crippen LogP) is 0.148. The van der Waals surface area contributed by atoms with Crippen LogP contribution in [0.15, 0.2) is 30.6 Å². The van der Waals surface area contributed by atoms with Gasteiger partial charge in [-0.15, -0.1) is 12.4 Å². The van der Waals surface area contributed by atoms with Gasteiger partial charge in [0.1, 0.15) is 0 Å². The van der Waals surface area contributed by atoms with Crippen molar-refractivity contribution in [3.8, 4) is 0 Å². The van der Waals surface area contributed by atoms with Crippen molar-refractivity contribution in [2.75, 3.05) is 6.54 Å². The summed E-state index contributed by atoms with van der Waals surface area (Å²) >= 11 is 0. The molecule has 0 aliphatic heterocycles. The maximum Gasteiger partial charge on any atom is 0.312 e. The Kier molecular flexibility index (Phi) is 7.30. The summed E-state index contributed by atoms with van der Waals surface area (Å²) in [7, 11) is 0. The van der Waals surface area contributed by atoms with Crippen LogP contribution in [0.2, 0.25) is 0 Å². The van der Waals surface area contributed by atoms with Gasteiger partial charge in [0.25, 0.3) is 0 Å². The van der Waals surface area contributed by atoms with Gasteiger partial charge in [0.15, 0.2) is 0 Å². The molecule has 0 fully saturated rings. The molecule has 0 radical (unpaired) electrons. The lowest BCUT2D eigenvalue weighted by Crippen LogP contribution is -2.41. The molecule has 2 rings (SSSR count). The molecule has 2 aromatic heterocycles. The van der Waals surface area contributed by atoms with Gasteiger partial charge >= 0.3 is 6.03 Å². The summed E-state index contributed by atoms with van der Waals surface area (Å²) in [5.41, 5.74) is 12.7. The zero-order valence-electron chi connectivity index (χ0n) is 12.6. The van der Waals surface area contributed by atoms with E-state index in [9.17, 15) is 9.59 Å². The molecule has 0 spiro atoms. The quantitative estimate of drug-likeness (QED) is 0.535. The fraction of sp³-hybridized carbons (Fsp3) is 0.357. The molecule has 3 amide bonds. The Labute approximate surface area is 140 Å².